The third-order valence-corrected chi connectivity index (χ3v) is 4.65. The summed E-state index contributed by atoms with van der Waals surface area (Å²) in [7, 11) is 0. The van der Waals surface area contributed by atoms with Gasteiger partial charge in [-0.05, 0) is 48.5 Å². The van der Waals surface area contributed by atoms with E-state index in [2.05, 4.69) is 20.8 Å². The molecule has 140 valence electrons. The molecular formula is C18H18FN5O2S. The summed E-state index contributed by atoms with van der Waals surface area (Å²) in [6.45, 7) is 4.10. The van der Waals surface area contributed by atoms with E-state index in [1.165, 1.54) is 28.6 Å². The van der Waals surface area contributed by atoms with E-state index < -0.39 is 11.1 Å². The van der Waals surface area contributed by atoms with Crippen molar-refractivity contribution in [2.45, 2.75) is 24.3 Å². The molecule has 1 amide bonds. The molecule has 0 aliphatic rings. The maximum atomic E-state index is 13.7. The van der Waals surface area contributed by atoms with Gasteiger partial charge in [0, 0.05) is 0 Å². The Labute approximate surface area is 159 Å². The number of carbonyl (C=O) groups is 1. The highest BCUT2D eigenvalue weighted by molar-refractivity contribution is 8.00. The van der Waals surface area contributed by atoms with Crippen LogP contribution in [0.5, 0.6) is 5.75 Å². The number of para-hydroxylation sites is 3. The zero-order valence-corrected chi connectivity index (χ0v) is 15.6. The molecule has 0 aliphatic heterocycles. The van der Waals surface area contributed by atoms with Crippen molar-refractivity contribution in [2.24, 2.45) is 0 Å². The lowest BCUT2D eigenvalue weighted by Crippen LogP contribution is -2.23. The number of tetrazole rings is 1. The second-order valence-corrected chi connectivity index (χ2v) is 6.81. The van der Waals surface area contributed by atoms with Crippen LogP contribution in [0.25, 0.3) is 5.69 Å². The minimum absolute atomic E-state index is 0.135. The number of hydrogen-bond acceptors (Lipinski definition) is 6. The summed E-state index contributed by atoms with van der Waals surface area (Å²) in [5, 5.41) is 14.2. The Bertz CT molecular complexity index is 933. The van der Waals surface area contributed by atoms with Crippen molar-refractivity contribution in [3.63, 3.8) is 0 Å². The van der Waals surface area contributed by atoms with Gasteiger partial charge in [0.25, 0.3) is 0 Å². The SMILES string of the molecule is CCOc1ccccc1-n1nnnc1SC(C)C(=O)Nc1ccccc1F. The smallest absolute Gasteiger partial charge is 0.237 e. The van der Waals surface area contributed by atoms with Gasteiger partial charge in [-0.15, -0.1) is 5.10 Å². The van der Waals surface area contributed by atoms with Gasteiger partial charge in [-0.1, -0.05) is 36.0 Å². The highest BCUT2D eigenvalue weighted by atomic mass is 32.2. The van der Waals surface area contributed by atoms with Crippen LogP contribution in [0.2, 0.25) is 0 Å². The number of anilines is 1. The Morgan fingerprint density at radius 2 is 2.00 bits per heavy atom. The highest BCUT2D eigenvalue weighted by Crippen LogP contribution is 2.28. The molecule has 3 rings (SSSR count). The van der Waals surface area contributed by atoms with Gasteiger partial charge in [-0.2, -0.15) is 4.68 Å². The third-order valence-electron chi connectivity index (χ3n) is 3.62. The van der Waals surface area contributed by atoms with Gasteiger partial charge in [0.05, 0.1) is 17.5 Å². The monoisotopic (exact) mass is 387 g/mol. The number of halogens is 1. The fraction of sp³-hybridized carbons (Fsp3) is 0.222. The van der Waals surface area contributed by atoms with Gasteiger partial charge < -0.3 is 10.1 Å². The molecule has 9 heteroatoms. The molecule has 1 unspecified atom stereocenters. The summed E-state index contributed by atoms with van der Waals surface area (Å²) >= 11 is 1.17. The molecule has 1 N–H and O–H groups in total. The van der Waals surface area contributed by atoms with Crippen molar-refractivity contribution >= 4 is 23.4 Å². The standard InChI is InChI=1S/C18H18FN5O2S/c1-3-26-16-11-7-6-10-15(16)24-18(21-22-23-24)27-12(2)17(25)20-14-9-5-4-8-13(14)19/h4-12H,3H2,1-2H3,(H,20,25). The van der Waals surface area contributed by atoms with E-state index in [1.54, 1.807) is 19.1 Å². The molecule has 1 aromatic heterocycles. The molecule has 0 saturated heterocycles. The van der Waals surface area contributed by atoms with Crippen LogP contribution >= 0.6 is 11.8 Å². The average molecular weight is 387 g/mol. The maximum Gasteiger partial charge on any atom is 0.237 e. The number of amides is 1. The number of carbonyl (C=O) groups excluding carboxylic acids is 1. The lowest BCUT2D eigenvalue weighted by molar-refractivity contribution is -0.115. The van der Waals surface area contributed by atoms with Gasteiger partial charge in [-0.25, -0.2) is 4.39 Å². The van der Waals surface area contributed by atoms with Gasteiger partial charge in [0.2, 0.25) is 11.1 Å². The first-order valence-electron chi connectivity index (χ1n) is 8.32. The van der Waals surface area contributed by atoms with E-state index in [0.717, 1.165) is 0 Å². The van der Waals surface area contributed by atoms with E-state index in [-0.39, 0.29) is 11.6 Å². The van der Waals surface area contributed by atoms with Crippen molar-refractivity contribution in [1.82, 2.24) is 20.2 Å². The van der Waals surface area contributed by atoms with Gasteiger partial charge in [0.15, 0.2) is 0 Å². The van der Waals surface area contributed by atoms with Crippen molar-refractivity contribution in [3.05, 3.63) is 54.3 Å². The van der Waals surface area contributed by atoms with E-state index >= 15 is 0 Å². The Hall–Kier alpha value is -2.94. The first-order valence-corrected chi connectivity index (χ1v) is 9.20. The topological polar surface area (TPSA) is 81.9 Å². The second kappa shape index (κ2) is 8.63. The minimum atomic E-state index is -0.548. The van der Waals surface area contributed by atoms with E-state index in [1.807, 2.05) is 31.2 Å². The molecule has 1 atom stereocenters. The highest BCUT2D eigenvalue weighted by Gasteiger charge is 2.21. The van der Waals surface area contributed by atoms with Crippen molar-refractivity contribution in [2.75, 3.05) is 11.9 Å². The molecule has 1 heterocycles. The summed E-state index contributed by atoms with van der Waals surface area (Å²) in [5.74, 6) is -0.200. The number of ether oxygens (including phenoxy) is 1. The quantitative estimate of drug-likeness (QED) is 0.627. The predicted molar refractivity (Wildman–Crippen MR) is 101 cm³/mol. The molecule has 0 saturated carbocycles. The molecule has 0 aliphatic carbocycles. The summed E-state index contributed by atoms with van der Waals surface area (Å²) in [4.78, 5) is 12.4. The molecule has 3 aromatic rings. The van der Waals surface area contributed by atoms with E-state index in [9.17, 15) is 9.18 Å². The first-order chi connectivity index (χ1) is 13.1. The van der Waals surface area contributed by atoms with Gasteiger partial charge in [-0.3, -0.25) is 4.79 Å². The molecule has 0 spiro atoms. The van der Waals surface area contributed by atoms with Crippen molar-refractivity contribution in [1.29, 1.82) is 0 Å². The lowest BCUT2D eigenvalue weighted by Gasteiger charge is -2.13. The van der Waals surface area contributed by atoms with Crippen LogP contribution in [0.4, 0.5) is 10.1 Å². The molecule has 27 heavy (non-hydrogen) atoms. The number of aromatic nitrogens is 4. The number of thioether (sulfide) groups is 1. The molecule has 0 fully saturated rings. The van der Waals surface area contributed by atoms with Crippen molar-refractivity contribution < 1.29 is 13.9 Å². The summed E-state index contributed by atoms with van der Waals surface area (Å²) in [5.41, 5.74) is 0.810. The predicted octanol–water partition coefficient (Wildman–Crippen LogP) is 3.32. The Morgan fingerprint density at radius 3 is 2.78 bits per heavy atom. The summed E-state index contributed by atoms with van der Waals surface area (Å²) in [6, 6.07) is 13.4. The van der Waals surface area contributed by atoms with Crippen LogP contribution in [0.1, 0.15) is 13.8 Å². The number of hydrogen-bond donors (Lipinski definition) is 1. The third kappa shape index (κ3) is 4.43. The molecule has 0 bridgehead atoms. The number of nitrogens with one attached hydrogen (secondary N) is 1. The Morgan fingerprint density at radius 1 is 1.26 bits per heavy atom. The molecule has 2 aromatic carbocycles. The van der Waals surface area contributed by atoms with E-state index in [0.29, 0.717) is 23.2 Å². The van der Waals surface area contributed by atoms with E-state index in [4.69, 9.17) is 4.74 Å². The summed E-state index contributed by atoms with van der Waals surface area (Å²) in [6.07, 6.45) is 0. The van der Waals surface area contributed by atoms with Crippen LogP contribution in [0, 0.1) is 5.82 Å². The first kappa shape index (κ1) is 18.8. The maximum absolute atomic E-state index is 13.7. The average Bonchev–Trinajstić information content (AvgIpc) is 3.12. The fourth-order valence-corrected chi connectivity index (χ4v) is 3.12. The lowest BCUT2D eigenvalue weighted by atomic mass is 10.3. The molecular weight excluding hydrogens is 369 g/mol. The Balaban J connectivity index is 1.77. The van der Waals surface area contributed by atoms with Crippen LogP contribution in [-0.2, 0) is 4.79 Å². The largest absolute Gasteiger partial charge is 0.492 e. The number of nitrogens with zero attached hydrogens (tertiary/aromatic N) is 4. The number of benzene rings is 2. The van der Waals surface area contributed by atoms with Crippen LogP contribution in [0.15, 0.2) is 53.7 Å². The molecule has 7 nitrogen and oxygen atoms in total. The zero-order chi connectivity index (χ0) is 19.2. The second-order valence-electron chi connectivity index (χ2n) is 5.50. The Kier molecular flexibility index (Phi) is 6.02. The normalized spacial score (nSPS) is 11.8. The minimum Gasteiger partial charge on any atom is -0.492 e. The molecule has 0 radical (unpaired) electrons. The van der Waals surface area contributed by atoms with Gasteiger partial charge in [0.1, 0.15) is 17.3 Å². The van der Waals surface area contributed by atoms with Gasteiger partial charge >= 0.3 is 0 Å². The van der Waals surface area contributed by atoms with Crippen LogP contribution in [-0.4, -0.2) is 38.0 Å². The van der Waals surface area contributed by atoms with Crippen LogP contribution in [0.3, 0.4) is 0 Å². The van der Waals surface area contributed by atoms with Crippen LogP contribution < -0.4 is 10.1 Å². The number of rotatable bonds is 7. The van der Waals surface area contributed by atoms with Crippen molar-refractivity contribution in [3.8, 4) is 11.4 Å². The fourth-order valence-electron chi connectivity index (χ4n) is 2.32. The zero-order valence-electron chi connectivity index (χ0n) is 14.8. The summed E-state index contributed by atoms with van der Waals surface area (Å²) < 4.78 is 20.9.